The molecule has 0 aliphatic heterocycles. The Kier molecular flexibility index (Phi) is 3.83. The summed E-state index contributed by atoms with van der Waals surface area (Å²) in [4.78, 5) is 0. The van der Waals surface area contributed by atoms with Crippen molar-refractivity contribution in [2.24, 2.45) is 0 Å². The zero-order valence-electron chi connectivity index (χ0n) is 9.04. The first kappa shape index (κ1) is 12.1. The van der Waals surface area contributed by atoms with E-state index in [-0.39, 0.29) is 18.3 Å². The molecule has 1 atom stereocenters. The predicted octanol–water partition coefficient (Wildman–Crippen LogP) is 2.46. The number of rotatable bonds is 3. The van der Waals surface area contributed by atoms with Gasteiger partial charge in [-0.05, 0) is 12.5 Å². The summed E-state index contributed by atoms with van der Waals surface area (Å²) in [5.74, 6) is 0.222. The van der Waals surface area contributed by atoms with Crippen LogP contribution in [0.3, 0.4) is 0 Å². The quantitative estimate of drug-likeness (QED) is 0.839. The van der Waals surface area contributed by atoms with Crippen LogP contribution in [-0.2, 0) is 0 Å². The van der Waals surface area contributed by atoms with Gasteiger partial charge in [0.2, 0.25) is 0 Å². The molecule has 84 valence electrons. The highest BCUT2D eigenvalue weighted by Gasteiger charge is 2.19. The van der Waals surface area contributed by atoms with Gasteiger partial charge in [0.1, 0.15) is 0 Å². The van der Waals surface area contributed by atoms with Crippen LogP contribution >= 0.6 is 11.6 Å². The lowest BCUT2D eigenvalue weighted by Crippen LogP contribution is -2.03. The Morgan fingerprint density at radius 3 is 2.60 bits per heavy atom. The van der Waals surface area contributed by atoms with Gasteiger partial charge in [-0.15, -0.1) is 0 Å². The van der Waals surface area contributed by atoms with Crippen molar-refractivity contribution in [1.82, 2.24) is 0 Å². The van der Waals surface area contributed by atoms with Crippen LogP contribution in [0.2, 0.25) is 5.02 Å². The molecule has 1 unspecified atom stereocenters. The standard InChI is InChI=1S/C11H15ClO3/c1-6(5-13)10-7(2)8(12)4-9(15-3)11(10)14/h4,6,13-14H,5H2,1-3H3. The largest absolute Gasteiger partial charge is 0.504 e. The van der Waals surface area contributed by atoms with Gasteiger partial charge in [-0.25, -0.2) is 0 Å². The first-order valence-corrected chi connectivity index (χ1v) is 5.07. The van der Waals surface area contributed by atoms with Gasteiger partial charge in [0.15, 0.2) is 11.5 Å². The second kappa shape index (κ2) is 4.73. The number of ether oxygens (including phenoxy) is 1. The Bertz CT molecular complexity index is 363. The lowest BCUT2D eigenvalue weighted by molar-refractivity contribution is 0.268. The van der Waals surface area contributed by atoms with Crippen molar-refractivity contribution >= 4 is 11.6 Å². The van der Waals surface area contributed by atoms with E-state index in [4.69, 9.17) is 21.4 Å². The van der Waals surface area contributed by atoms with Gasteiger partial charge < -0.3 is 14.9 Å². The topological polar surface area (TPSA) is 49.7 Å². The lowest BCUT2D eigenvalue weighted by Gasteiger charge is -2.17. The third-order valence-electron chi connectivity index (χ3n) is 2.50. The molecule has 0 aliphatic carbocycles. The number of benzene rings is 1. The molecule has 0 aliphatic rings. The van der Waals surface area contributed by atoms with Gasteiger partial charge in [-0.2, -0.15) is 0 Å². The van der Waals surface area contributed by atoms with E-state index in [1.54, 1.807) is 6.07 Å². The van der Waals surface area contributed by atoms with Gasteiger partial charge in [0.05, 0.1) is 7.11 Å². The fourth-order valence-corrected chi connectivity index (χ4v) is 1.78. The van der Waals surface area contributed by atoms with Gasteiger partial charge in [0, 0.05) is 29.2 Å². The van der Waals surface area contributed by atoms with Gasteiger partial charge in [-0.1, -0.05) is 18.5 Å². The molecule has 0 amide bonds. The number of methoxy groups -OCH3 is 1. The molecular formula is C11H15ClO3. The number of hydrogen-bond acceptors (Lipinski definition) is 3. The molecule has 3 nitrogen and oxygen atoms in total. The van der Waals surface area contributed by atoms with Crippen LogP contribution in [0, 0.1) is 6.92 Å². The molecule has 0 heterocycles. The van der Waals surface area contributed by atoms with E-state index in [0.717, 1.165) is 5.56 Å². The van der Waals surface area contributed by atoms with Crippen LogP contribution in [0.1, 0.15) is 24.0 Å². The fraction of sp³-hybridized carbons (Fsp3) is 0.455. The highest BCUT2D eigenvalue weighted by atomic mass is 35.5. The maximum absolute atomic E-state index is 9.90. The van der Waals surface area contributed by atoms with E-state index < -0.39 is 0 Å². The molecule has 0 aromatic heterocycles. The summed E-state index contributed by atoms with van der Waals surface area (Å²) in [5, 5.41) is 19.5. The predicted molar refractivity (Wildman–Crippen MR) is 59.9 cm³/mol. The zero-order chi connectivity index (χ0) is 11.6. The summed E-state index contributed by atoms with van der Waals surface area (Å²) >= 11 is 6.00. The molecule has 4 heteroatoms. The molecular weight excluding hydrogens is 216 g/mol. The number of aliphatic hydroxyl groups is 1. The Morgan fingerprint density at radius 2 is 2.13 bits per heavy atom. The molecule has 1 aromatic carbocycles. The van der Waals surface area contributed by atoms with Crippen molar-refractivity contribution in [3.05, 3.63) is 22.2 Å². The molecule has 1 rings (SSSR count). The number of aliphatic hydroxyl groups excluding tert-OH is 1. The summed E-state index contributed by atoms with van der Waals surface area (Å²) in [7, 11) is 1.47. The minimum Gasteiger partial charge on any atom is -0.504 e. The Hall–Kier alpha value is -0.930. The molecule has 15 heavy (non-hydrogen) atoms. The Morgan fingerprint density at radius 1 is 1.53 bits per heavy atom. The minimum absolute atomic E-state index is 0.0438. The maximum atomic E-state index is 9.90. The highest BCUT2D eigenvalue weighted by molar-refractivity contribution is 6.31. The second-order valence-electron chi connectivity index (χ2n) is 3.53. The first-order chi connectivity index (χ1) is 7.02. The SMILES string of the molecule is COc1cc(Cl)c(C)c(C(C)CO)c1O. The molecule has 0 saturated carbocycles. The molecule has 0 radical (unpaired) electrons. The van der Waals surface area contributed by atoms with Gasteiger partial charge in [-0.3, -0.25) is 0 Å². The second-order valence-corrected chi connectivity index (χ2v) is 3.94. The fourth-order valence-electron chi connectivity index (χ4n) is 1.58. The van der Waals surface area contributed by atoms with E-state index >= 15 is 0 Å². The molecule has 1 aromatic rings. The Labute approximate surface area is 94.3 Å². The summed E-state index contributed by atoms with van der Waals surface area (Å²) in [6.07, 6.45) is 0. The van der Waals surface area contributed by atoms with E-state index in [1.165, 1.54) is 7.11 Å². The van der Waals surface area contributed by atoms with Crippen LogP contribution in [0.4, 0.5) is 0 Å². The highest BCUT2D eigenvalue weighted by Crippen LogP contribution is 2.40. The van der Waals surface area contributed by atoms with Crippen LogP contribution < -0.4 is 4.74 Å². The number of phenols is 1. The van der Waals surface area contributed by atoms with Gasteiger partial charge >= 0.3 is 0 Å². The van der Waals surface area contributed by atoms with Crippen LogP contribution in [0.15, 0.2) is 6.07 Å². The smallest absolute Gasteiger partial charge is 0.162 e. The van der Waals surface area contributed by atoms with E-state index in [0.29, 0.717) is 16.3 Å². The van der Waals surface area contributed by atoms with Crippen LogP contribution in [0.5, 0.6) is 11.5 Å². The van der Waals surface area contributed by atoms with Crippen molar-refractivity contribution in [1.29, 1.82) is 0 Å². The number of halogens is 1. The monoisotopic (exact) mass is 230 g/mol. The molecule has 0 spiro atoms. The van der Waals surface area contributed by atoms with Crippen LogP contribution in [-0.4, -0.2) is 23.9 Å². The summed E-state index contributed by atoms with van der Waals surface area (Å²) in [6.45, 7) is 3.58. The number of hydrogen-bond donors (Lipinski definition) is 2. The van der Waals surface area contributed by atoms with Gasteiger partial charge in [0.25, 0.3) is 0 Å². The number of aromatic hydroxyl groups is 1. The first-order valence-electron chi connectivity index (χ1n) is 4.69. The van der Waals surface area contributed by atoms with Crippen molar-refractivity contribution in [3.8, 4) is 11.5 Å². The van der Waals surface area contributed by atoms with Crippen molar-refractivity contribution in [2.75, 3.05) is 13.7 Å². The normalized spacial score (nSPS) is 12.6. The molecule has 0 bridgehead atoms. The molecule has 0 fully saturated rings. The summed E-state index contributed by atoms with van der Waals surface area (Å²) in [6, 6.07) is 1.57. The maximum Gasteiger partial charge on any atom is 0.162 e. The minimum atomic E-state index is -0.169. The van der Waals surface area contributed by atoms with Crippen LogP contribution in [0.25, 0.3) is 0 Å². The molecule has 2 N–H and O–H groups in total. The van der Waals surface area contributed by atoms with Crippen molar-refractivity contribution < 1.29 is 14.9 Å². The number of phenolic OH excluding ortho intramolecular Hbond substituents is 1. The third-order valence-corrected chi connectivity index (χ3v) is 2.89. The van der Waals surface area contributed by atoms with Crippen molar-refractivity contribution in [3.63, 3.8) is 0 Å². The molecule has 0 saturated heterocycles. The summed E-state index contributed by atoms with van der Waals surface area (Å²) in [5.41, 5.74) is 1.42. The third kappa shape index (κ3) is 2.19. The average molecular weight is 231 g/mol. The van der Waals surface area contributed by atoms with Crippen molar-refractivity contribution in [2.45, 2.75) is 19.8 Å². The lowest BCUT2D eigenvalue weighted by atomic mass is 9.95. The average Bonchev–Trinajstić information content (AvgIpc) is 2.23. The summed E-state index contributed by atoms with van der Waals surface area (Å²) < 4.78 is 5.00. The van der Waals surface area contributed by atoms with E-state index in [2.05, 4.69) is 0 Å². The van der Waals surface area contributed by atoms with E-state index in [1.807, 2.05) is 13.8 Å². The van der Waals surface area contributed by atoms with E-state index in [9.17, 15) is 5.11 Å². The zero-order valence-corrected chi connectivity index (χ0v) is 9.80. The Balaban J connectivity index is 3.40.